The highest BCUT2D eigenvalue weighted by Crippen LogP contribution is 2.35. The van der Waals surface area contributed by atoms with Crippen LogP contribution in [0.25, 0.3) is 0 Å². The van der Waals surface area contributed by atoms with Crippen LogP contribution in [-0.4, -0.2) is 25.6 Å². The number of hydrogen-bond acceptors (Lipinski definition) is 2. The maximum absolute atomic E-state index is 2.71. The van der Waals surface area contributed by atoms with E-state index >= 15 is 0 Å². The van der Waals surface area contributed by atoms with Crippen molar-refractivity contribution in [3.05, 3.63) is 24.8 Å². The monoisotopic (exact) mass is 394 g/mol. The Balaban J connectivity index is 3.07. The van der Waals surface area contributed by atoms with Crippen LogP contribution in [-0.2, 0) is 0 Å². The Morgan fingerprint density at radius 2 is 0.615 bits per heavy atom. The lowest BCUT2D eigenvalue weighted by Crippen LogP contribution is -2.52. The zero-order valence-corrected chi connectivity index (χ0v) is 20.7. The summed E-state index contributed by atoms with van der Waals surface area (Å²) >= 11 is 0. The molecule has 0 N–H and O–H groups in total. The van der Waals surface area contributed by atoms with Gasteiger partial charge in [-0.2, -0.15) is 0 Å². The summed E-state index contributed by atoms with van der Waals surface area (Å²) in [5.74, 6) is 0. The van der Waals surface area contributed by atoms with Gasteiger partial charge in [0.1, 0.15) is 0 Å². The fourth-order valence-corrected chi connectivity index (χ4v) is 15.5. The van der Waals surface area contributed by atoms with Gasteiger partial charge in [-0.1, -0.05) is 80.1 Å². The first-order chi connectivity index (χ1) is 12.6. The lowest BCUT2D eigenvalue weighted by atomic mass is 10.5. The summed E-state index contributed by atoms with van der Waals surface area (Å²) in [6.07, 6.45) is 17.9. The first kappa shape index (κ1) is 23.6. The summed E-state index contributed by atoms with van der Waals surface area (Å²) in [5.41, 5.74) is 0. The molecule has 2 nitrogen and oxygen atoms in total. The van der Waals surface area contributed by atoms with Crippen molar-refractivity contribution >= 4 is 16.5 Å². The summed E-state index contributed by atoms with van der Waals surface area (Å²) in [6.45, 7) is 14.2. The van der Waals surface area contributed by atoms with Crippen LogP contribution in [0.15, 0.2) is 24.8 Å². The van der Waals surface area contributed by atoms with Gasteiger partial charge < -0.3 is 9.13 Å². The summed E-state index contributed by atoms with van der Waals surface area (Å²) in [5, 5.41) is 0. The molecule has 0 saturated carbocycles. The summed E-state index contributed by atoms with van der Waals surface area (Å²) < 4.78 is 5.42. The molecular weight excluding hydrogens is 348 g/mol. The number of hydrogen-bond donors (Lipinski definition) is 0. The van der Waals surface area contributed by atoms with Gasteiger partial charge in [0, 0.05) is 24.8 Å². The third-order valence-electron chi connectivity index (χ3n) is 6.16. The average Bonchev–Trinajstić information content (AvgIpc) is 2.63. The van der Waals surface area contributed by atoms with Crippen LogP contribution < -0.4 is 0 Å². The average molecular weight is 395 g/mol. The molecule has 0 amide bonds. The van der Waals surface area contributed by atoms with E-state index in [1.807, 2.05) is 0 Å². The Bertz CT molecular complexity index is 348. The van der Waals surface area contributed by atoms with Crippen LogP contribution in [0.2, 0.25) is 36.3 Å². The summed E-state index contributed by atoms with van der Waals surface area (Å²) in [7, 11) is -2.78. The van der Waals surface area contributed by atoms with Crippen LogP contribution in [0.1, 0.15) is 80.1 Å². The quantitative estimate of drug-likeness (QED) is 0.276. The van der Waals surface area contributed by atoms with Crippen molar-refractivity contribution in [3.8, 4) is 0 Å². The highest BCUT2D eigenvalue weighted by atomic mass is 28.3. The van der Waals surface area contributed by atoms with E-state index in [0.29, 0.717) is 0 Å². The Kier molecular flexibility index (Phi) is 10.9. The van der Waals surface area contributed by atoms with E-state index in [1.165, 1.54) is 74.8 Å². The molecule has 0 fully saturated rings. The Morgan fingerprint density at radius 1 is 0.423 bits per heavy atom. The standard InChI is InChI=1S/C22H46N2Si2/c1-7-17-25(18-8-2,19-9-3)23-13-15-24(16-14-23)26(20-10-4,21-11-5)22-12-6/h13-16H,7-12,17-22H2,1-6H3. The van der Waals surface area contributed by atoms with E-state index < -0.39 is 16.5 Å². The molecule has 26 heavy (non-hydrogen) atoms. The van der Waals surface area contributed by atoms with E-state index in [9.17, 15) is 0 Å². The second-order valence-electron chi connectivity index (χ2n) is 8.36. The van der Waals surface area contributed by atoms with Crippen LogP contribution in [0.3, 0.4) is 0 Å². The predicted octanol–water partition coefficient (Wildman–Crippen LogP) is 7.90. The molecule has 1 aliphatic rings. The Hall–Kier alpha value is -0.486. The fraction of sp³-hybridized carbons (Fsp3) is 0.818. The molecule has 0 bridgehead atoms. The maximum atomic E-state index is 2.71. The van der Waals surface area contributed by atoms with E-state index in [4.69, 9.17) is 0 Å². The first-order valence-corrected chi connectivity index (χ1v) is 16.6. The minimum atomic E-state index is -1.39. The molecule has 0 saturated heterocycles. The van der Waals surface area contributed by atoms with Crippen LogP contribution in [0, 0.1) is 0 Å². The van der Waals surface area contributed by atoms with E-state index in [0.717, 1.165) is 0 Å². The molecule has 0 spiro atoms. The highest BCUT2D eigenvalue weighted by Gasteiger charge is 2.39. The lowest BCUT2D eigenvalue weighted by molar-refractivity contribution is 0.598. The van der Waals surface area contributed by atoms with Crippen molar-refractivity contribution in [2.75, 3.05) is 0 Å². The van der Waals surface area contributed by atoms with Crippen molar-refractivity contribution < 1.29 is 0 Å². The van der Waals surface area contributed by atoms with Gasteiger partial charge in [-0.15, -0.1) is 0 Å². The Morgan fingerprint density at radius 3 is 0.769 bits per heavy atom. The van der Waals surface area contributed by atoms with Crippen LogP contribution in [0.5, 0.6) is 0 Å². The van der Waals surface area contributed by atoms with Crippen LogP contribution in [0.4, 0.5) is 0 Å². The van der Waals surface area contributed by atoms with Gasteiger partial charge in [-0.25, -0.2) is 0 Å². The molecule has 152 valence electrons. The SMILES string of the molecule is CCC[Si](CCC)(CCC)N1C=CN([Si](CCC)(CCC)CCC)C=C1. The normalized spacial score (nSPS) is 15.2. The van der Waals surface area contributed by atoms with E-state index in [2.05, 4.69) is 75.5 Å². The molecule has 1 heterocycles. The number of nitrogens with zero attached hydrogens (tertiary/aromatic N) is 2. The molecule has 0 atom stereocenters. The van der Waals surface area contributed by atoms with Gasteiger partial charge in [0.05, 0.1) is 0 Å². The molecule has 0 unspecified atom stereocenters. The van der Waals surface area contributed by atoms with E-state index in [1.54, 1.807) is 0 Å². The zero-order chi connectivity index (χ0) is 19.5. The molecule has 1 rings (SSSR count). The van der Waals surface area contributed by atoms with Gasteiger partial charge >= 0.3 is 0 Å². The van der Waals surface area contributed by atoms with Crippen molar-refractivity contribution in [1.82, 2.24) is 9.13 Å². The van der Waals surface area contributed by atoms with Crippen molar-refractivity contribution in [3.63, 3.8) is 0 Å². The van der Waals surface area contributed by atoms with Gasteiger partial charge in [-0.3, -0.25) is 0 Å². The van der Waals surface area contributed by atoms with Gasteiger partial charge in [0.2, 0.25) is 0 Å². The van der Waals surface area contributed by atoms with E-state index in [-0.39, 0.29) is 0 Å². The number of rotatable bonds is 14. The first-order valence-electron chi connectivity index (χ1n) is 11.5. The minimum Gasteiger partial charge on any atom is -0.378 e. The fourth-order valence-electron chi connectivity index (χ4n) is 5.34. The highest BCUT2D eigenvalue weighted by molar-refractivity contribution is 6.78. The Labute approximate surface area is 166 Å². The van der Waals surface area contributed by atoms with Gasteiger partial charge in [0.25, 0.3) is 0 Å². The van der Waals surface area contributed by atoms with Crippen LogP contribution >= 0.6 is 0 Å². The molecule has 0 aromatic heterocycles. The summed E-state index contributed by atoms with van der Waals surface area (Å²) in [4.78, 5) is 0. The molecular formula is C22H46N2Si2. The smallest absolute Gasteiger partial charge is 0.161 e. The van der Waals surface area contributed by atoms with Crippen molar-refractivity contribution in [1.29, 1.82) is 0 Å². The third-order valence-corrected chi connectivity index (χ3v) is 17.5. The topological polar surface area (TPSA) is 6.48 Å². The second-order valence-corrected chi connectivity index (χ2v) is 17.3. The van der Waals surface area contributed by atoms with Gasteiger partial charge in [-0.05, 0) is 36.3 Å². The zero-order valence-electron chi connectivity index (χ0n) is 18.7. The molecule has 0 aliphatic carbocycles. The predicted molar refractivity (Wildman–Crippen MR) is 124 cm³/mol. The van der Waals surface area contributed by atoms with Crippen molar-refractivity contribution in [2.45, 2.75) is 116 Å². The third kappa shape index (κ3) is 5.75. The lowest BCUT2D eigenvalue weighted by Gasteiger charge is -2.46. The maximum Gasteiger partial charge on any atom is 0.161 e. The van der Waals surface area contributed by atoms with Gasteiger partial charge in [0.15, 0.2) is 16.5 Å². The minimum absolute atomic E-state index is 1.33. The second kappa shape index (κ2) is 12.1. The molecule has 0 aromatic carbocycles. The largest absolute Gasteiger partial charge is 0.378 e. The molecule has 0 aromatic rings. The molecule has 0 radical (unpaired) electrons. The molecule has 4 heteroatoms. The summed E-state index contributed by atoms with van der Waals surface area (Å²) in [6, 6.07) is 8.61. The molecule has 1 aliphatic heterocycles. The van der Waals surface area contributed by atoms with Crippen molar-refractivity contribution in [2.24, 2.45) is 0 Å².